The average molecular weight is 222 g/mol. The predicted molar refractivity (Wildman–Crippen MR) is 59.5 cm³/mol. The van der Waals surface area contributed by atoms with E-state index in [2.05, 4.69) is 5.32 Å². The third-order valence-electron chi connectivity index (χ3n) is 2.40. The maximum Gasteiger partial charge on any atom is 0.251 e. The van der Waals surface area contributed by atoms with E-state index in [0.717, 1.165) is 0 Å². The maximum absolute atomic E-state index is 11.4. The molecule has 1 aliphatic rings. The summed E-state index contributed by atoms with van der Waals surface area (Å²) in [6, 6.07) is 4.98. The fourth-order valence-electron chi connectivity index (χ4n) is 1.38. The molecule has 0 aliphatic carbocycles. The Bertz CT molecular complexity index is 402. The molecule has 5 heteroatoms. The lowest BCUT2D eigenvalue weighted by Gasteiger charge is -2.27. The molecule has 0 unspecified atom stereocenters. The average Bonchev–Trinajstić information content (AvgIpc) is 2.24. The van der Waals surface area contributed by atoms with Crippen molar-refractivity contribution >= 4 is 11.6 Å². The normalized spacial score (nSPS) is 15.3. The number of benzene rings is 1. The first-order chi connectivity index (χ1) is 7.70. The Labute approximate surface area is 93.5 Å². The van der Waals surface area contributed by atoms with E-state index in [1.54, 1.807) is 25.2 Å². The van der Waals surface area contributed by atoms with Crippen molar-refractivity contribution in [2.75, 3.05) is 26.0 Å². The summed E-state index contributed by atoms with van der Waals surface area (Å²) in [5.41, 5.74) is 6.82. The molecule has 1 saturated heterocycles. The third-order valence-corrected chi connectivity index (χ3v) is 2.40. The Hall–Kier alpha value is -1.75. The molecule has 0 radical (unpaired) electrons. The number of amides is 1. The van der Waals surface area contributed by atoms with Gasteiger partial charge in [-0.3, -0.25) is 4.79 Å². The van der Waals surface area contributed by atoms with Crippen molar-refractivity contribution in [3.05, 3.63) is 23.8 Å². The van der Waals surface area contributed by atoms with Gasteiger partial charge in [-0.2, -0.15) is 0 Å². The van der Waals surface area contributed by atoms with Crippen LogP contribution in [0.15, 0.2) is 18.2 Å². The van der Waals surface area contributed by atoms with Crippen molar-refractivity contribution in [1.82, 2.24) is 5.32 Å². The predicted octanol–water partition coefficient (Wildman–Crippen LogP) is 0.406. The van der Waals surface area contributed by atoms with Crippen LogP contribution in [-0.4, -0.2) is 32.3 Å². The molecule has 86 valence electrons. The number of rotatable bonds is 3. The lowest BCUT2D eigenvalue weighted by Crippen LogP contribution is -2.38. The smallest absolute Gasteiger partial charge is 0.251 e. The summed E-state index contributed by atoms with van der Waals surface area (Å²) in [5.74, 6) is 0.379. The highest BCUT2D eigenvalue weighted by molar-refractivity contribution is 5.95. The molecular weight excluding hydrogens is 208 g/mol. The number of nitrogen functional groups attached to an aromatic ring is 1. The summed E-state index contributed by atoms with van der Waals surface area (Å²) < 4.78 is 10.6. The number of hydrogen-bond donors (Lipinski definition) is 2. The first-order valence-electron chi connectivity index (χ1n) is 5.06. The van der Waals surface area contributed by atoms with Crippen molar-refractivity contribution in [2.24, 2.45) is 0 Å². The van der Waals surface area contributed by atoms with Gasteiger partial charge in [-0.1, -0.05) is 0 Å². The van der Waals surface area contributed by atoms with E-state index in [0.29, 0.717) is 30.2 Å². The Morgan fingerprint density at radius 1 is 1.56 bits per heavy atom. The van der Waals surface area contributed by atoms with Gasteiger partial charge in [-0.25, -0.2) is 0 Å². The van der Waals surface area contributed by atoms with Gasteiger partial charge in [0.2, 0.25) is 0 Å². The summed E-state index contributed by atoms with van der Waals surface area (Å²) in [7, 11) is 1.58. The fourth-order valence-corrected chi connectivity index (χ4v) is 1.38. The number of anilines is 1. The molecule has 1 aliphatic heterocycles. The Balaban J connectivity index is 2.17. The molecule has 0 saturated carbocycles. The lowest BCUT2D eigenvalue weighted by atomic mass is 10.1. The van der Waals surface area contributed by atoms with Gasteiger partial charge in [0.15, 0.2) is 0 Å². The molecule has 0 bridgehead atoms. The van der Waals surface area contributed by atoms with Gasteiger partial charge in [-0.15, -0.1) is 0 Å². The number of carbonyl (C=O) groups is 1. The van der Waals surface area contributed by atoms with E-state index < -0.39 is 0 Å². The highest BCUT2D eigenvalue weighted by Crippen LogP contribution is 2.25. The zero-order valence-electron chi connectivity index (χ0n) is 9.03. The summed E-state index contributed by atoms with van der Waals surface area (Å²) >= 11 is 0. The lowest BCUT2D eigenvalue weighted by molar-refractivity contribution is -0.0793. The van der Waals surface area contributed by atoms with Gasteiger partial charge < -0.3 is 20.5 Å². The zero-order valence-corrected chi connectivity index (χ0v) is 9.03. The highest BCUT2D eigenvalue weighted by atomic mass is 16.6. The Morgan fingerprint density at radius 3 is 2.88 bits per heavy atom. The maximum atomic E-state index is 11.4. The van der Waals surface area contributed by atoms with Crippen LogP contribution >= 0.6 is 0 Å². The molecule has 1 heterocycles. The monoisotopic (exact) mass is 222 g/mol. The topological polar surface area (TPSA) is 73.6 Å². The molecule has 1 amide bonds. The molecule has 1 aromatic carbocycles. The molecule has 0 aromatic heterocycles. The van der Waals surface area contributed by atoms with Crippen molar-refractivity contribution in [3.8, 4) is 5.75 Å². The van der Waals surface area contributed by atoms with E-state index >= 15 is 0 Å². The summed E-state index contributed by atoms with van der Waals surface area (Å²) in [6.45, 7) is 1.15. The highest BCUT2D eigenvalue weighted by Gasteiger charge is 2.21. The van der Waals surface area contributed by atoms with Crippen molar-refractivity contribution in [3.63, 3.8) is 0 Å². The number of nitrogens with one attached hydrogen (secondary N) is 1. The van der Waals surface area contributed by atoms with E-state index in [1.165, 1.54) is 0 Å². The molecule has 5 nitrogen and oxygen atoms in total. The van der Waals surface area contributed by atoms with E-state index in [9.17, 15) is 4.79 Å². The molecule has 1 fully saturated rings. The zero-order chi connectivity index (χ0) is 11.5. The van der Waals surface area contributed by atoms with E-state index in [-0.39, 0.29) is 12.0 Å². The fraction of sp³-hybridized carbons (Fsp3) is 0.364. The molecule has 0 spiro atoms. The first kappa shape index (κ1) is 10.8. The van der Waals surface area contributed by atoms with Gasteiger partial charge in [0.25, 0.3) is 5.91 Å². The van der Waals surface area contributed by atoms with Crippen molar-refractivity contribution in [1.29, 1.82) is 0 Å². The minimum Gasteiger partial charge on any atom is -0.483 e. The third kappa shape index (κ3) is 2.09. The van der Waals surface area contributed by atoms with Crippen molar-refractivity contribution < 1.29 is 14.3 Å². The van der Waals surface area contributed by atoms with E-state index in [4.69, 9.17) is 15.2 Å². The quantitative estimate of drug-likeness (QED) is 0.726. The van der Waals surface area contributed by atoms with Crippen LogP contribution in [0.3, 0.4) is 0 Å². The van der Waals surface area contributed by atoms with Gasteiger partial charge in [-0.05, 0) is 18.2 Å². The largest absolute Gasteiger partial charge is 0.483 e. The van der Waals surface area contributed by atoms with Crippen LogP contribution < -0.4 is 15.8 Å². The van der Waals surface area contributed by atoms with Crippen LogP contribution in [0.2, 0.25) is 0 Å². The standard InChI is InChI=1S/C11H14N2O3/c1-13-11(14)7-2-3-9(12)10(4-7)16-8-5-15-6-8/h2-4,8H,5-6,12H2,1H3,(H,13,14). The van der Waals surface area contributed by atoms with Gasteiger partial charge in [0.1, 0.15) is 11.9 Å². The second-order valence-electron chi connectivity index (χ2n) is 3.61. The van der Waals surface area contributed by atoms with Crippen LogP contribution in [-0.2, 0) is 4.74 Å². The molecule has 16 heavy (non-hydrogen) atoms. The number of hydrogen-bond acceptors (Lipinski definition) is 4. The number of nitrogens with two attached hydrogens (primary N) is 1. The van der Waals surface area contributed by atoms with Crippen molar-refractivity contribution in [2.45, 2.75) is 6.10 Å². The van der Waals surface area contributed by atoms with Crippen LogP contribution in [0.5, 0.6) is 5.75 Å². The summed E-state index contributed by atoms with van der Waals surface area (Å²) in [5, 5.41) is 2.55. The minimum atomic E-state index is -0.158. The molecule has 3 N–H and O–H groups in total. The van der Waals surface area contributed by atoms with Gasteiger partial charge >= 0.3 is 0 Å². The SMILES string of the molecule is CNC(=O)c1ccc(N)c(OC2COC2)c1. The van der Waals surface area contributed by atoms with Gasteiger partial charge in [0, 0.05) is 12.6 Å². The molecular formula is C11H14N2O3. The Morgan fingerprint density at radius 2 is 2.31 bits per heavy atom. The Kier molecular flexibility index (Phi) is 2.96. The first-order valence-corrected chi connectivity index (χ1v) is 5.06. The van der Waals surface area contributed by atoms with Crippen LogP contribution in [0, 0.1) is 0 Å². The van der Waals surface area contributed by atoms with E-state index in [1.807, 2.05) is 0 Å². The van der Waals surface area contributed by atoms with Crippen LogP contribution in [0.25, 0.3) is 0 Å². The summed E-state index contributed by atoms with van der Waals surface area (Å²) in [6.07, 6.45) is 0.0437. The molecule has 0 atom stereocenters. The minimum absolute atomic E-state index is 0.0437. The second kappa shape index (κ2) is 4.40. The van der Waals surface area contributed by atoms with Gasteiger partial charge in [0.05, 0.1) is 18.9 Å². The molecule has 1 aromatic rings. The second-order valence-corrected chi connectivity index (χ2v) is 3.61. The van der Waals surface area contributed by atoms with Crippen LogP contribution in [0.4, 0.5) is 5.69 Å². The molecule has 2 rings (SSSR count). The van der Waals surface area contributed by atoms with Crippen LogP contribution in [0.1, 0.15) is 10.4 Å². The summed E-state index contributed by atoms with van der Waals surface area (Å²) in [4.78, 5) is 11.4. The number of carbonyl (C=O) groups excluding carboxylic acids is 1. The number of ether oxygens (including phenoxy) is 2.